The van der Waals surface area contributed by atoms with Crippen molar-refractivity contribution in [2.75, 3.05) is 4.72 Å². The van der Waals surface area contributed by atoms with Crippen molar-refractivity contribution in [3.8, 4) is 0 Å². The van der Waals surface area contributed by atoms with Crippen LogP contribution in [0.25, 0.3) is 0 Å². The lowest BCUT2D eigenvalue weighted by molar-refractivity contribution is 0.0930. The molecule has 0 bridgehead atoms. The van der Waals surface area contributed by atoms with Gasteiger partial charge in [0.2, 0.25) is 0 Å². The number of sulfonamides is 1. The Balaban J connectivity index is 1.62. The summed E-state index contributed by atoms with van der Waals surface area (Å²) in [5, 5.41) is 3.58. The summed E-state index contributed by atoms with van der Waals surface area (Å²) in [4.78, 5) is 12.6. The number of hydrogen-bond acceptors (Lipinski definition) is 3. The van der Waals surface area contributed by atoms with Gasteiger partial charge in [-0.3, -0.25) is 9.52 Å². The van der Waals surface area contributed by atoms with Crippen LogP contribution in [0.3, 0.4) is 0 Å². The minimum Gasteiger partial charge on any atom is -0.349 e. The van der Waals surface area contributed by atoms with Gasteiger partial charge in [0.05, 0.1) is 4.90 Å². The van der Waals surface area contributed by atoms with Crippen LogP contribution in [0, 0.1) is 0 Å². The number of carbonyl (C=O) groups excluding carboxylic acids is 1. The smallest absolute Gasteiger partial charge is 0.261 e. The van der Waals surface area contributed by atoms with Gasteiger partial charge in [-0.25, -0.2) is 8.42 Å². The van der Waals surface area contributed by atoms with Crippen LogP contribution in [-0.4, -0.2) is 20.4 Å². The standard InChI is InChI=1S/C21H25ClN2O3S/c22-17-10-14-20(15-11-17)28(26,27)24-19-12-8-16(9-13-19)21(25)23-18-6-4-2-1-3-5-7-18/h8-15,18,24H,1-7H2,(H,23,25). The summed E-state index contributed by atoms with van der Waals surface area (Å²) in [6.07, 6.45) is 8.08. The summed E-state index contributed by atoms with van der Waals surface area (Å²) in [6.45, 7) is 0. The molecule has 1 amide bonds. The van der Waals surface area contributed by atoms with Gasteiger partial charge >= 0.3 is 0 Å². The fraction of sp³-hybridized carbons (Fsp3) is 0.381. The maximum Gasteiger partial charge on any atom is 0.261 e. The molecule has 0 aromatic heterocycles. The fourth-order valence-electron chi connectivity index (χ4n) is 3.39. The van der Waals surface area contributed by atoms with Crippen molar-refractivity contribution in [1.29, 1.82) is 0 Å². The second kappa shape index (κ2) is 9.43. The normalized spacial score (nSPS) is 16.0. The molecule has 7 heteroatoms. The van der Waals surface area contributed by atoms with Gasteiger partial charge in [0.25, 0.3) is 15.9 Å². The van der Waals surface area contributed by atoms with Gasteiger partial charge in [-0.1, -0.05) is 43.7 Å². The molecule has 0 radical (unpaired) electrons. The Labute approximate surface area is 171 Å². The topological polar surface area (TPSA) is 75.3 Å². The van der Waals surface area contributed by atoms with E-state index in [1.54, 1.807) is 24.3 Å². The predicted octanol–water partition coefficient (Wildman–Crippen LogP) is 4.98. The molecule has 1 fully saturated rings. The van der Waals surface area contributed by atoms with E-state index in [0.29, 0.717) is 16.3 Å². The molecular formula is C21H25ClN2O3S. The lowest BCUT2D eigenvalue weighted by atomic mass is 9.96. The molecule has 0 heterocycles. The molecule has 3 rings (SSSR count). The van der Waals surface area contributed by atoms with E-state index < -0.39 is 10.0 Å². The summed E-state index contributed by atoms with van der Waals surface area (Å²) < 4.78 is 27.4. The number of hydrogen-bond donors (Lipinski definition) is 2. The van der Waals surface area contributed by atoms with E-state index in [4.69, 9.17) is 11.6 Å². The van der Waals surface area contributed by atoms with Gasteiger partial charge in [0, 0.05) is 22.3 Å². The second-order valence-corrected chi connectivity index (χ2v) is 9.27. The summed E-state index contributed by atoms with van der Waals surface area (Å²) in [5.41, 5.74) is 0.925. The number of nitrogens with one attached hydrogen (secondary N) is 2. The minimum absolute atomic E-state index is 0.113. The molecule has 2 N–H and O–H groups in total. The highest BCUT2D eigenvalue weighted by molar-refractivity contribution is 7.92. The Bertz CT molecular complexity index is 888. The van der Waals surface area contributed by atoms with Crippen LogP contribution in [0.2, 0.25) is 5.02 Å². The number of carbonyl (C=O) groups is 1. The maximum atomic E-state index is 12.5. The molecule has 0 atom stereocenters. The highest BCUT2D eigenvalue weighted by Crippen LogP contribution is 2.20. The van der Waals surface area contributed by atoms with E-state index in [9.17, 15) is 13.2 Å². The average Bonchev–Trinajstić information content (AvgIpc) is 2.64. The van der Waals surface area contributed by atoms with Crippen molar-refractivity contribution < 1.29 is 13.2 Å². The van der Waals surface area contributed by atoms with E-state index in [0.717, 1.165) is 25.7 Å². The lowest BCUT2D eigenvalue weighted by Crippen LogP contribution is -2.35. The zero-order chi connectivity index (χ0) is 20.0. The first-order chi connectivity index (χ1) is 13.4. The lowest BCUT2D eigenvalue weighted by Gasteiger charge is -2.21. The largest absolute Gasteiger partial charge is 0.349 e. The molecule has 5 nitrogen and oxygen atoms in total. The monoisotopic (exact) mass is 420 g/mol. The number of amides is 1. The molecule has 0 aliphatic heterocycles. The van der Waals surface area contributed by atoms with E-state index in [1.165, 1.54) is 43.5 Å². The van der Waals surface area contributed by atoms with E-state index in [-0.39, 0.29) is 16.8 Å². The Morgan fingerprint density at radius 1 is 0.857 bits per heavy atom. The molecule has 2 aromatic rings. The van der Waals surface area contributed by atoms with Gasteiger partial charge in [-0.05, 0) is 61.4 Å². The predicted molar refractivity (Wildman–Crippen MR) is 112 cm³/mol. The first-order valence-corrected chi connectivity index (χ1v) is 11.5. The molecular weight excluding hydrogens is 396 g/mol. The Morgan fingerprint density at radius 3 is 2.04 bits per heavy atom. The Hall–Kier alpha value is -2.05. The zero-order valence-corrected chi connectivity index (χ0v) is 17.2. The molecule has 28 heavy (non-hydrogen) atoms. The molecule has 1 aliphatic rings. The fourth-order valence-corrected chi connectivity index (χ4v) is 4.57. The highest BCUT2D eigenvalue weighted by atomic mass is 35.5. The van der Waals surface area contributed by atoms with Gasteiger partial charge in [-0.15, -0.1) is 0 Å². The summed E-state index contributed by atoms with van der Waals surface area (Å²) in [7, 11) is -3.70. The van der Waals surface area contributed by atoms with E-state index >= 15 is 0 Å². The van der Waals surface area contributed by atoms with E-state index in [2.05, 4.69) is 10.0 Å². The van der Waals surface area contributed by atoms with Crippen molar-refractivity contribution in [3.05, 3.63) is 59.1 Å². The summed E-state index contributed by atoms with van der Waals surface area (Å²) in [6, 6.07) is 12.6. The van der Waals surface area contributed by atoms with Crippen molar-refractivity contribution in [2.45, 2.75) is 55.9 Å². The molecule has 2 aromatic carbocycles. The zero-order valence-electron chi connectivity index (χ0n) is 15.7. The first-order valence-electron chi connectivity index (χ1n) is 9.63. The summed E-state index contributed by atoms with van der Waals surface area (Å²) in [5.74, 6) is -0.113. The minimum atomic E-state index is -3.70. The first kappa shape index (κ1) is 20.7. The van der Waals surface area contributed by atoms with Gasteiger partial charge < -0.3 is 5.32 Å². The summed E-state index contributed by atoms with van der Waals surface area (Å²) >= 11 is 5.80. The van der Waals surface area contributed by atoms with Crippen LogP contribution in [-0.2, 0) is 10.0 Å². The van der Waals surface area contributed by atoms with Crippen LogP contribution in [0.15, 0.2) is 53.4 Å². The highest BCUT2D eigenvalue weighted by Gasteiger charge is 2.17. The van der Waals surface area contributed by atoms with Crippen LogP contribution < -0.4 is 10.0 Å². The van der Waals surface area contributed by atoms with Crippen LogP contribution in [0.1, 0.15) is 55.3 Å². The van der Waals surface area contributed by atoms with E-state index in [1.807, 2.05) is 0 Å². The van der Waals surface area contributed by atoms with Crippen LogP contribution in [0.5, 0.6) is 0 Å². The molecule has 1 saturated carbocycles. The third kappa shape index (κ3) is 5.72. The Kier molecular flexibility index (Phi) is 6.97. The molecule has 150 valence electrons. The van der Waals surface area contributed by atoms with Crippen molar-refractivity contribution in [3.63, 3.8) is 0 Å². The van der Waals surface area contributed by atoms with Crippen molar-refractivity contribution in [2.24, 2.45) is 0 Å². The van der Waals surface area contributed by atoms with Gasteiger partial charge in [-0.2, -0.15) is 0 Å². The van der Waals surface area contributed by atoms with Gasteiger partial charge in [0.1, 0.15) is 0 Å². The Morgan fingerprint density at radius 2 is 1.43 bits per heavy atom. The SMILES string of the molecule is O=C(NC1CCCCCCC1)c1ccc(NS(=O)(=O)c2ccc(Cl)cc2)cc1. The molecule has 0 unspecified atom stereocenters. The molecule has 0 spiro atoms. The number of rotatable bonds is 5. The third-order valence-corrected chi connectivity index (χ3v) is 6.61. The molecule has 1 aliphatic carbocycles. The van der Waals surface area contributed by atoms with Crippen molar-refractivity contribution >= 4 is 33.2 Å². The molecule has 0 saturated heterocycles. The van der Waals surface area contributed by atoms with Gasteiger partial charge in [0.15, 0.2) is 0 Å². The van der Waals surface area contributed by atoms with Crippen LogP contribution >= 0.6 is 11.6 Å². The second-order valence-electron chi connectivity index (χ2n) is 7.15. The quantitative estimate of drug-likeness (QED) is 0.715. The number of benzene rings is 2. The number of anilines is 1. The van der Waals surface area contributed by atoms with Crippen molar-refractivity contribution in [1.82, 2.24) is 5.32 Å². The average molecular weight is 421 g/mol. The number of halogens is 1. The third-order valence-electron chi connectivity index (χ3n) is 4.96. The maximum absolute atomic E-state index is 12.5. The van der Waals surface area contributed by atoms with Crippen LogP contribution in [0.4, 0.5) is 5.69 Å².